The van der Waals surface area contributed by atoms with E-state index >= 15 is 0 Å². The summed E-state index contributed by atoms with van der Waals surface area (Å²) < 4.78 is 1.38. The van der Waals surface area contributed by atoms with Crippen molar-refractivity contribution in [1.82, 2.24) is 4.57 Å². The summed E-state index contributed by atoms with van der Waals surface area (Å²) in [5.74, 6) is -0.918. The fraction of sp³-hybridized carbons (Fsp3) is 0.120. The number of pyridine rings is 1. The number of aromatic nitrogens is 1. The van der Waals surface area contributed by atoms with Crippen LogP contribution >= 0.6 is 11.8 Å². The molecule has 0 radical (unpaired) electrons. The molecule has 1 aromatic heterocycles. The first-order valence-electron chi connectivity index (χ1n) is 9.77. The smallest absolute Gasteiger partial charge is 0.548 e. The SMILES string of the molecule is O=C([O-])C1CSc2c(-c3ccccc3)c(Cc3cccc4ccccc34)cc(=O)n21.[Li+]. The average molecular weight is 419 g/mol. The maximum atomic E-state index is 12.9. The zero-order valence-corrected chi connectivity index (χ0v) is 17.9. The van der Waals surface area contributed by atoms with E-state index < -0.39 is 12.0 Å². The topological polar surface area (TPSA) is 62.1 Å². The van der Waals surface area contributed by atoms with E-state index in [1.54, 1.807) is 6.07 Å². The Kier molecular flexibility index (Phi) is 6.11. The van der Waals surface area contributed by atoms with Crippen molar-refractivity contribution in [2.24, 2.45) is 0 Å². The second-order valence-electron chi connectivity index (χ2n) is 7.38. The molecule has 3 aromatic carbocycles. The molecular formula is C25H18LiNO3S. The van der Waals surface area contributed by atoms with Gasteiger partial charge in [-0.25, -0.2) is 0 Å². The van der Waals surface area contributed by atoms with Crippen LogP contribution in [0.2, 0.25) is 0 Å². The minimum atomic E-state index is -1.22. The summed E-state index contributed by atoms with van der Waals surface area (Å²) in [4.78, 5) is 24.5. The van der Waals surface area contributed by atoms with Crippen molar-refractivity contribution < 1.29 is 28.8 Å². The van der Waals surface area contributed by atoms with Gasteiger partial charge in [0.25, 0.3) is 5.56 Å². The molecule has 4 nitrogen and oxygen atoms in total. The summed E-state index contributed by atoms with van der Waals surface area (Å²) in [5, 5.41) is 14.6. The molecule has 1 atom stereocenters. The van der Waals surface area contributed by atoms with Gasteiger partial charge in [-0.1, -0.05) is 72.8 Å². The van der Waals surface area contributed by atoms with Crippen LogP contribution in [0.4, 0.5) is 0 Å². The summed E-state index contributed by atoms with van der Waals surface area (Å²) in [7, 11) is 0. The fourth-order valence-corrected chi connectivity index (χ4v) is 5.55. The van der Waals surface area contributed by atoms with Crippen molar-refractivity contribution in [3.05, 3.63) is 100 Å². The van der Waals surface area contributed by atoms with Gasteiger partial charge in [0, 0.05) is 17.4 Å². The first kappa shape index (κ1) is 21.5. The Balaban J connectivity index is 0.00000231. The number of hydrogen-bond acceptors (Lipinski definition) is 4. The summed E-state index contributed by atoms with van der Waals surface area (Å²) >= 11 is 1.41. The molecule has 6 heteroatoms. The second-order valence-corrected chi connectivity index (χ2v) is 8.39. The molecule has 0 saturated carbocycles. The zero-order valence-electron chi connectivity index (χ0n) is 17.1. The average Bonchev–Trinajstić information content (AvgIpc) is 3.21. The van der Waals surface area contributed by atoms with Gasteiger partial charge in [-0.2, -0.15) is 0 Å². The van der Waals surface area contributed by atoms with E-state index in [2.05, 4.69) is 24.3 Å². The molecular weight excluding hydrogens is 401 g/mol. The third kappa shape index (κ3) is 3.85. The van der Waals surface area contributed by atoms with Gasteiger partial charge in [0.15, 0.2) is 0 Å². The van der Waals surface area contributed by atoms with Crippen LogP contribution in [-0.4, -0.2) is 16.3 Å². The van der Waals surface area contributed by atoms with Crippen molar-refractivity contribution in [3.8, 4) is 11.1 Å². The Morgan fingerprint density at radius 3 is 2.45 bits per heavy atom. The van der Waals surface area contributed by atoms with E-state index in [0.29, 0.717) is 17.2 Å². The van der Waals surface area contributed by atoms with Crippen molar-refractivity contribution in [1.29, 1.82) is 0 Å². The Morgan fingerprint density at radius 2 is 1.68 bits per heavy atom. The van der Waals surface area contributed by atoms with Crippen LogP contribution in [0, 0.1) is 0 Å². The van der Waals surface area contributed by atoms with Gasteiger partial charge >= 0.3 is 18.9 Å². The van der Waals surface area contributed by atoms with Crippen molar-refractivity contribution >= 4 is 28.5 Å². The Bertz CT molecular complexity index is 1330. The number of carbonyl (C=O) groups excluding carboxylic acids is 1. The normalized spacial score (nSPS) is 14.8. The van der Waals surface area contributed by atoms with Crippen molar-refractivity contribution in [3.63, 3.8) is 0 Å². The molecule has 0 fully saturated rings. The Labute approximate surface area is 196 Å². The Hall–Kier alpha value is -2.71. The summed E-state index contributed by atoms with van der Waals surface area (Å²) in [6.45, 7) is 0. The fourth-order valence-electron chi connectivity index (χ4n) is 4.20. The number of nitrogens with zero attached hydrogens (tertiary/aromatic N) is 1. The number of fused-ring (bicyclic) bond motifs is 2. The van der Waals surface area contributed by atoms with E-state index in [4.69, 9.17) is 0 Å². The number of rotatable bonds is 4. The molecule has 2 heterocycles. The largest absolute Gasteiger partial charge is 1.00 e. The van der Waals surface area contributed by atoms with E-state index in [0.717, 1.165) is 33.0 Å². The van der Waals surface area contributed by atoms with E-state index in [1.807, 2.05) is 48.5 Å². The molecule has 0 spiro atoms. The number of carboxylic acids is 1. The quantitative estimate of drug-likeness (QED) is 0.456. The van der Waals surface area contributed by atoms with E-state index in [9.17, 15) is 14.7 Å². The van der Waals surface area contributed by atoms with Gasteiger partial charge < -0.3 is 9.90 Å². The molecule has 4 aromatic rings. The minimum Gasteiger partial charge on any atom is -0.548 e. The van der Waals surface area contributed by atoms with Crippen LogP contribution in [0.1, 0.15) is 17.2 Å². The monoisotopic (exact) mass is 419 g/mol. The van der Waals surface area contributed by atoms with Gasteiger partial charge in [-0.15, -0.1) is 11.8 Å². The molecule has 0 aliphatic carbocycles. The third-order valence-corrected chi connectivity index (χ3v) is 6.73. The summed E-state index contributed by atoms with van der Waals surface area (Å²) in [6, 6.07) is 24.9. The molecule has 1 aliphatic heterocycles. The molecule has 148 valence electrons. The molecule has 1 aliphatic rings. The van der Waals surface area contributed by atoms with Gasteiger partial charge in [0.05, 0.1) is 17.0 Å². The van der Waals surface area contributed by atoms with Crippen LogP contribution in [0.3, 0.4) is 0 Å². The molecule has 5 rings (SSSR count). The van der Waals surface area contributed by atoms with Gasteiger partial charge in [0.2, 0.25) is 0 Å². The molecule has 31 heavy (non-hydrogen) atoms. The maximum Gasteiger partial charge on any atom is 1.00 e. The number of benzene rings is 3. The molecule has 0 saturated heterocycles. The van der Waals surface area contributed by atoms with Crippen LogP contribution in [0.15, 0.2) is 88.7 Å². The number of carboxylic acid groups (broad SMARTS) is 1. The molecule has 1 unspecified atom stereocenters. The summed E-state index contributed by atoms with van der Waals surface area (Å²) in [5.41, 5.74) is 3.65. The Morgan fingerprint density at radius 1 is 0.968 bits per heavy atom. The first-order chi connectivity index (χ1) is 14.6. The minimum absolute atomic E-state index is 0. The molecule has 0 bridgehead atoms. The van der Waals surface area contributed by atoms with Crippen LogP contribution in [0.25, 0.3) is 21.9 Å². The van der Waals surface area contributed by atoms with Gasteiger partial charge in [-0.05, 0) is 33.9 Å². The van der Waals surface area contributed by atoms with Crippen LogP contribution < -0.4 is 29.5 Å². The molecule has 0 N–H and O–H groups in total. The molecule has 0 amide bonds. The summed E-state index contributed by atoms with van der Waals surface area (Å²) in [6.07, 6.45) is 0.589. The maximum absolute atomic E-state index is 12.9. The number of hydrogen-bond donors (Lipinski definition) is 0. The zero-order chi connectivity index (χ0) is 20.7. The number of carbonyl (C=O) groups is 1. The van der Waals surface area contributed by atoms with Crippen LogP contribution in [-0.2, 0) is 11.2 Å². The van der Waals surface area contributed by atoms with Crippen LogP contribution in [0.5, 0.6) is 0 Å². The van der Waals surface area contributed by atoms with Gasteiger partial charge in [-0.3, -0.25) is 9.36 Å². The van der Waals surface area contributed by atoms with Gasteiger partial charge in [0.1, 0.15) is 0 Å². The second kappa shape index (κ2) is 8.80. The predicted molar refractivity (Wildman–Crippen MR) is 118 cm³/mol. The van der Waals surface area contributed by atoms with E-state index in [-0.39, 0.29) is 24.4 Å². The predicted octanol–water partition coefficient (Wildman–Crippen LogP) is 0.660. The van der Waals surface area contributed by atoms with E-state index in [1.165, 1.54) is 16.3 Å². The van der Waals surface area contributed by atoms with Crippen molar-refractivity contribution in [2.45, 2.75) is 17.5 Å². The third-order valence-electron chi connectivity index (χ3n) is 5.57. The first-order valence-corrected chi connectivity index (χ1v) is 10.8. The number of aliphatic carboxylic acids is 1. The number of thioether (sulfide) groups is 1. The standard InChI is InChI=1S/C25H19NO3S.Li/c27-22-14-19(13-18-11-6-10-16-7-4-5-12-20(16)18)23(17-8-2-1-3-9-17)24-26(22)21(15-30-24)25(28)29;/h1-12,14,21H,13,15H2,(H,28,29);/q;+1/p-1. The van der Waals surface area contributed by atoms with Crippen molar-refractivity contribution in [2.75, 3.05) is 5.75 Å².